The van der Waals surface area contributed by atoms with E-state index < -0.39 is 0 Å². The molecule has 222 valence electrons. The summed E-state index contributed by atoms with van der Waals surface area (Å²) in [6, 6.07) is 45.6. The Kier molecular flexibility index (Phi) is 3.82. The first kappa shape index (κ1) is 24.0. The van der Waals surface area contributed by atoms with Gasteiger partial charge in [-0.3, -0.25) is 0 Å². The maximum absolute atomic E-state index is 2.55. The lowest BCUT2D eigenvalue weighted by Crippen LogP contribution is -1.86. The maximum Gasteiger partial charge on any atom is 0.0628 e. The van der Waals surface area contributed by atoms with E-state index in [1.807, 2.05) is 0 Å². The molecule has 0 aliphatic carbocycles. The molecule has 4 nitrogen and oxygen atoms in total. The SMILES string of the molecule is Cn1c2ccccc2c2c3c4ccccc4n4c5cc6c7cc8c(c9ccccc9n8C)c8c9ccccc9n(c6cc5c(cc21)c34)c78. The highest BCUT2D eigenvalue weighted by atomic mass is 15.0. The number of aromatic nitrogens is 4. The van der Waals surface area contributed by atoms with Gasteiger partial charge < -0.3 is 17.9 Å². The van der Waals surface area contributed by atoms with Crippen LogP contribution < -0.4 is 0 Å². The summed E-state index contributed by atoms with van der Waals surface area (Å²) in [6.45, 7) is 0. The molecule has 48 heavy (non-hydrogen) atoms. The average Bonchev–Trinajstić information content (AvgIpc) is 3.94. The summed E-state index contributed by atoms with van der Waals surface area (Å²) in [5, 5.41) is 15.9. The summed E-state index contributed by atoms with van der Waals surface area (Å²) in [7, 11) is 4.43. The molecule has 7 aromatic carbocycles. The Balaban J connectivity index is 1.33. The average molecular weight is 611 g/mol. The van der Waals surface area contributed by atoms with Gasteiger partial charge >= 0.3 is 0 Å². The minimum Gasteiger partial charge on any atom is -0.344 e. The maximum atomic E-state index is 2.55. The first-order chi connectivity index (χ1) is 23.7. The Hall–Kier alpha value is -6.26. The van der Waals surface area contributed by atoms with Gasteiger partial charge in [0.15, 0.2) is 0 Å². The van der Waals surface area contributed by atoms with Gasteiger partial charge in [0.2, 0.25) is 0 Å². The van der Waals surface area contributed by atoms with Gasteiger partial charge in [0, 0.05) is 89.8 Å². The molecule has 0 aliphatic heterocycles. The van der Waals surface area contributed by atoms with Crippen molar-refractivity contribution in [3.8, 4) is 0 Å². The molecule has 0 bridgehead atoms. The number of fused-ring (bicyclic) bond motifs is 20. The van der Waals surface area contributed by atoms with Crippen molar-refractivity contribution in [2.75, 3.05) is 0 Å². The summed E-state index contributed by atoms with van der Waals surface area (Å²) in [6.07, 6.45) is 0. The first-order valence-electron chi connectivity index (χ1n) is 16.7. The van der Waals surface area contributed by atoms with Crippen LogP contribution in [0.1, 0.15) is 0 Å². The van der Waals surface area contributed by atoms with Crippen LogP contribution in [0.2, 0.25) is 0 Å². The monoisotopic (exact) mass is 610 g/mol. The third-order valence-electron chi connectivity index (χ3n) is 11.8. The molecule has 0 fully saturated rings. The zero-order chi connectivity index (χ0) is 31.2. The summed E-state index contributed by atoms with van der Waals surface area (Å²) in [5.74, 6) is 0. The van der Waals surface area contributed by atoms with Crippen LogP contribution in [0.25, 0.3) is 120 Å². The lowest BCUT2D eigenvalue weighted by Gasteiger charge is -2.03. The van der Waals surface area contributed by atoms with E-state index in [-0.39, 0.29) is 0 Å². The quantitative estimate of drug-likeness (QED) is 0.163. The zero-order valence-electron chi connectivity index (χ0n) is 26.3. The van der Waals surface area contributed by atoms with E-state index in [0.717, 1.165) is 0 Å². The van der Waals surface area contributed by atoms with E-state index in [4.69, 9.17) is 0 Å². The number of benzene rings is 7. The van der Waals surface area contributed by atoms with Crippen LogP contribution in [-0.2, 0) is 14.1 Å². The molecule has 0 amide bonds. The van der Waals surface area contributed by atoms with Gasteiger partial charge in [0.05, 0.1) is 44.1 Å². The molecule has 0 atom stereocenters. The third kappa shape index (κ3) is 2.40. The lowest BCUT2D eigenvalue weighted by atomic mass is 10.0. The molecule has 0 saturated carbocycles. The van der Waals surface area contributed by atoms with Gasteiger partial charge in [-0.05, 0) is 48.5 Å². The summed E-state index contributed by atoms with van der Waals surface area (Å²) >= 11 is 0. The Labute approximate surface area is 272 Å². The molecule has 0 N–H and O–H groups in total. The van der Waals surface area contributed by atoms with Crippen LogP contribution in [0.15, 0.2) is 121 Å². The van der Waals surface area contributed by atoms with Gasteiger partial charge in [-0.1, -0.05) is 72.8 Å². The molecule has 13 aromatic rings. The van der Waals surface area contributed by atoms with E-state index >= 15 is 0 Å². The van der Waals surface area contributed by atoms with Crippen LogP contribution in [0.5, 0.6) is 0 Å². The fraction of sp³-hybridized carbons (Fsp3) is 0.0455. The summed E-state index contributed by atoms with van der Waals surface area (Å²) in [4.78, 5) is 0. The van der Waals surface area contributed by atoms with Crippen LogP contribution in [0.4, 0.5) is 0 Å². The Morgan fingerprint density at radius 1 is 0.292 bits per heavy atom. The normalized spacial score (nSPS) is 13.2. The Morgan fingerprint density at radius 2 is 0.625 bits per heavy atom. The second-order valence-electron chi connectivity index (χ2n) is 13.8. The van der Waals surface area contributed by atoms with E-state index in [1.165, 1.54) is 120 Å². The predicted octanol–water partition coefficient (Wildman–Crippen LogP) is 11.3. The number of aryl methyl sites for hydroxylation is 2. The van der Waals surface area contributed by atoms with Crippen molar-refractivity contribution in [3.05, 3.63) is 121 Å². The van der Waals surface area contributed by atoms with Crippen LogP contribution in [-0.4, -0.2) is 17.9 Å². The van der Waals surface area contributed by atoms with Crippen LogP contribution in [0, 0.1) is 0 Å². The molecule has 0 radical (unpaired) electrons. The van der Waals surface area contributed by atoms with Crippen molar-refractivity contribution in [2.45, 2.75) is 0 Å². The molecule has 6 heterocycles. The van der Waals surface area contributed by atoms with Gasteiger partial charge in [-0.15, -0.1) is 0 Å². The van der Waals surface area contributed by atoms with Gasteiger partial charge in [0.25, 0.3) is 0 Å². The molecule has 0 spiro atoms. The Morgan fingerprint density at radius 3 is 1.04 bits per heavy atom. The highest BCUT2D eigenvalue weighted by Gasteiger charge is 2.26. The zero-order valence-corrected chi connectivity index (χ0v) is 26.3. The van der Waals surface area contributed by atoms with Crippen LogP contribution in [0.3, 0.4) is 0 Å². The van der Waals surface area contributed by atoms with Crippen molar-refractivity contribution < 1.29 is 0 Å². The third-order valence-corrected chi connectivity index (χ3v) is 11.8. The lowest BCUT2D eigenvalue weighted by molar-refractivity contribution is 1.02. The van der Waals surface area contributed by atoms with Crippen LogP contribution >= 0.6 is 0 Å². The fourth-order valence-electron chi connectivity index (χ4n) is 9.88. The van der Waals surface area contributed by atoms with Crippen molar-refractivity contribution in [3.63, 3.8) is 0 Å². The molecule has 6 aromatic heterocycles. The molecular weight excluding hydrogens is 585 g/mol. The van der Waals surface area contributed by atoms with E-state index in [0.29, 0.717) is 0 Å². The molecule has 0 aliphatic rings. The van der Waals surface area contributed by atoms with Gasteiger partial charge in [-0.2, -0.15) is 0 Å². The fourth-order valence-corrected chi connectivity index (χ4v) is 9.88. The number of rotatable bonds is 0. The molecule has 0 saturated heterocycles. The second kappa shape index (κ2) is 7.64. The van der Waals surface area contributed by atoms with Crippen molar-refractivity contribution >= 4 is 120 Å². The number of hydrogen-bond acceptors (Lipinski definition) is 0. The summed E-state index contributed by atoms with van der Waals surface area (Å²) < 4.78 is 9.86. The van der Waals surface area contributed by atoms with Crippen molar-refractivity contribution in [1.82, 2.24) is 17.9 Å². The van der Waals surface area contributed by atoms with E-state index in [2.05, 4.69) is 153 Å². The highest BCUT2D eigenvalue weighted by molar-refractivity contribution is 6.38. The van der Waals surface area contributed by atoms with Gasteiger partial charge in [-0.25, -0.2) is 0 Å². The standard InChI is InChI=1S/C44H26N4/c1-45-31-15-7-3-11-23(31)39-37(45)21-29-27-19-36-28(20-35(27)47-33-17-9-5-13-25(33)41(39)43(29)47)30-22-38-40(24-12-4-8-16-32(24)46(38)2)42-26-14-6-10-18-34(26)48(36)44(30)42/h3-22H,1-2H3. The smallest absolute Gasteiger partial charge is 0.0628 e. The molecule has 0 unspecified atom stereocenters. The van der Waals surface area contributed by atoms with E-state index in [1.54, 1.807) is 0 Å². The summed E-state index contributed by atoms with van der Waals surface area (Å²) in [5.41, 5.74) is 12.8. The minimum absolute atomic E-state index is 1.27. The molecule has 13 rings (SSSR count). The number of para-hydroxylation sites is 4. The second-order valence-corrected chi connectivity index (χ2v) is 13.8. The number of hydrogen-bond donors (Lipinski definition) is 0. The molecule has 4 heteroatoms. The Bertz CT molecular complexity index is 3340. The predicted molar refractivity (Wildman–Crippen MR) is 204 cm³/mol. The van der Waals surface area contributed by atoms with Crippen molar-refractivity contribution in [2.24, 2.45) is 14.1 Å². The minimum atomic E-state index is 1.27. The van der Waals surface area contributed by atoms with Crippen molar-refractivity contribution in [1.29, 1.82) is 0 Å². The first-order valence-corrected chi connectivity index (χ1v) is 16.7. The topological polar surface area (TPSA) is 18.7 Å². The highest BCUT2D eigenvalue weighted by Crippen LogP contribution is 2.49. The van der Waals surface area contributed by atoms with Gasteiger partial charge in [0.1, 0.15) is 0 Å². The molecular formula is C44H26N4. The van der Waals surface area contributed by atoms with E-state index in [9.17, 15) is 0 Å². The largest absolute Gasteiger partial charge is 0.344 e. The number of nitrogens with zero attached hydrogens (tertiary/aromatic N) is 4.